The van der Waals surface area contributed by atoms with Gasteiger partial charge in [-0.05, 0) is 12.1 Å². The summed E-state index contributed by atoms with van der Waals surface area (Å²) >= 11 is 0. The van der Waals surface area contributed by atoms with Crippen LogP contribution < -0.4 is 5.73 Å². The third-order valence-corrected chi connectivity index (χ3v) is 2.15. The van der Waals surface area contributed by atoms with E-state index >= 15 is 0 Å². The number of carbonyl (C=O) groups is 2. The highest BCUT2D eigenvalue weighted by molar-refractivity contribution is 5.79. The zero-order valence-electron chi connectivity index (χ0n) is 8.43. The summed E-state index contributed by atoms with van der Waals surface area (Å²) < 4.78 is 26.5. The molecule has 0 saturated heterocycles. The summed E-state index contributed by atoms with van der Waals surface area (Å²) in [5.41, 5.74) is 3.51. The number of aldehydes is 1. The molecule has 92 valence electrons. The van der Waals surface area contributed by atoms with E-state index in [1.54, 1.807) is 0 Å². The molecule has 7 heteroatoms. The lowest BCUT2D eigenvalue weighted by Gasteiger charge is -2.16. The lowest BCUT2D eigenvalue weighted by molar-refractivity contribution is -0.132. The molecule has 1 aromatic carbocycles. The van der Waals surface area contributed by atoms with Crippen LogP contribution in [0.5, 0.6) is 0 Å². The molecule has 0 aliphatic rings. The Morgan fingerprint density at radius 1 is 1.29 bits per heavy atom. The van der Waals surface area contributed by atoms with Crippen molar-refractivity contribution in [3.8, 4) is 0 Å². The van der Waals surface area contributed by atoms with Gasteiger partial charge in [0, 0.05) is 5.56 Å². The molecule has 0 spiro atoms. The van der Waals surface area contributed by atoms with Crippen LogP contribution in [0.15, 0.2) is 12.1 Å². The van der Waals surface area contributed by atoms with Crippen LogP contribution in [0.2, 0.25) is 0 Å². The Morgan fingerprint density at radius 3 is 2.35 bits per heavy atom. The quantitative estimate of drug-likeness (QED) is 0.631. The molecule has 2 unspecified atom stereocenters. The van der Waals surface area contributed by atoms with Gasteiger partial charge >= 0.3 is 0 Å². The fourth-order valence-electron chi connectivity index (χ4n) is 1.22. The number of primary amides is 1. The van der Waals surface area contributed by atoms with Gasteiger partial charge in [0.25, 0.3) is 0 Å². The molecule has 5 nitrogen and oxygen atoms in total. The van der Waals surface area contributed by atoms with Crippen LogP contribution in [0.3, 0.4) is 0 Å². The summed E-state index contributed by atoms with van der Waals surface area (Å²) in [5.74, 6) is -3.48. The molecule has 0 saturated carbocycles. The molecule has 0 bridgehead atoms. The van der Waals surface area contributed by atoms with Crippen LogP contribution in [-0.2, 0) is 4.79 Å². The van der Waals surface area contributed by atoms with Crippen LogP contribution in [-0.4, -0.2) is 28.5 Å². The van der Waals surface area contributed by atoms with E-state index in [0.29, 0.717) is 12.1 Å². The number of hydrogen-bond donors (Lipinski definition) is 3. The maximum absolute atomic E-state index is 13.3. The number of amides is 1. The van der Waals surface area contributed by atoms with E-state index in [9.17, 15) is 23.5 Å². The minimum absolute atomic E-state index is 0.0963. The Hall–Kier alpha value is -1.86. The van der Waals surface area contributed by atoms with E-state index < -0.39 is 40.9 Å². The van der Waals surface area contributed by atoms with Gasteiger partial charge in [-0.25, -0.2) is 8.78 Å². The van der Waals surface area contributed by atoms with Crippen molar-refractivity contribution in [2.24, 2.45) is 5.73 Å². The maximum atomic E-state index is 13.3. The molecule has 0 aromatic heterocycles. The van der Waals surface area contributed by atoms with Crippen LogP contribution in [0.25, 0.3) is 0 Å². The predicted molar refractivity (Wildman–Crippen MR) is 51.9 cm³/mol. The first-order valence-corrected chi connectivity index (χ1v) is 4.48. The molecule has 0 radical (unpaired) electrons. The van der Waals surface area contributed by atoms with Gasteiger partial charge in [-0.15, -0.1) is 0 Å². The number of nitrogens with two attached hydrogens (primary N) is 1. The molecule has 0 heterocycles. The van der Waals surface area contributed by atoms with E-state index in [4.69, 9.17) is 10.8 Å². The maximum Gasteiger partial charge on any atom is 0.249 e. The summed E-state index contributed by atoms with van der Waals surface area (Å²) in [6, 6.07) is 1.07. The Kier molecular flexibility index (Phi) is 3.87. The van der Waals surface area contributed by atoms with Crippen LogP contribution in [0.1, 0.15) is 22.0 Å². The van der Waals surface area contributed by atoms with E-state index in [-0.39, 0.29) is 6.29 Å². The normalized spacial score (nSPS) is 14.1. The van der Waals surface area contributed by atoms with Gasteiger partial charge in [-0.3, -0.25) is 9.59 Å². The molecule has 0 aliphatic carbocycles. The standard InChI is InChI=1S/C10H9F2NO4/c11-6-2-5(7(12)1-4(6)3-14)8(15)9(16)10(13)17/h1-3,8-9,15-16H,(H2,13,17). The topological polar surface area (TPSA) is 101 Å². The number of halogens is 2. The van der Waals surface area contributed by atoms with E-state index in [1.165, 1.54) is 0 Å². The highest BCUT2D eigenvalue weighted by atomic mass is 19.1. The average Bonchev–Trinajstić information content (AvgIpc) is 2.29. The third kappa shape index (κ3) is 2.63. The fourth-order valence-corrected chi connectivity index (χ4v) is 1.22. The Balaban J connectivity index is 3.19. The molecular weight excluding hydrogens is 236 g/mol. The summed E-state index contributed by atoms with van der Waals surface area (Å²) in [7, 11) is 0. The van der Waals surface area contributed by atoms with Crippen molar-refractivity contribution in [2.45, 2.75) is 12.2 Å². The second kappa shape index (κ2) is 4.98. The molecule has 0 aliphatic heterocycles. The zero-order chi connectivity index (χ0) is 13.2. The van der Waals surface area contributed by atoms with Crippen LogP contribution in [0.4, 0.5) is 8.78 Å². The summed E-state index contributed by atoms with van der Waals surface area (Å²) in [4.78, 5) is 20.9. The first-order valence-electron chi connectivity index (χ1n) is 4.48. The van der Waals surface area contributed by atoms with Gasteiger partial charge < -0.3 is 15.9 Å². The molecule has 0 fully saturated rings. The predicted octanol–water partition coefficient (Wildman–Crippen LogP) is -0.343. The van der Waals surface area contributed by atoms with Gasteiger partial charge in [0.05, 0.1) is 5.56 Å². The smallest absolute Gasteiger partial charge is 0.249 e. The van der Waals surface area contributed by atoms with Gasteiger partial charge in [0.15, 0.2) is 12.4 Å². The molecule has 2 atom stereocenters. The highest BCUT2D eigenvalue weighted by Crippen LogP contribution is 2.23. The van der Waals surface area contributed by atoms with Crippen molar-refractivity contribution in [1.29, 1.82) is 0 Å². The van der Waals surface area contributed by atoms with Crippen molar-refractivity contribution < 1.29 is 28.6 Å². The number of aliphatic hydroxyl groups is 2. The number of hydrogen-bond acceptors (Lipinski definition) is 4. The number of carbonyl (C=O) groups excluding carboxylic acids is 2. The SMILES string of the molecule is NC(=O)C(O)C(O)c1cc(F)c(C=O)cc1F. The van der Waals surface area contributed by atoms with Crippen molar-refractivity contribution in [3.63, 3.8) is 0 Å². The summed E-state index contributed by atoms with van der Waals surface area (Å²) in [6.45, 7) is 0. The average molecular weight is 245 g/mol. The molecule has 1 rings (SSSR count). The Bertz CT molecular complexity index is 464. The summed E-state index contributed by atoms with van der Waals surface area (Å²) in [5, 5.41) is 18.5. The van der Waals surface area contributed by atoms with E-state index in [0.717, 1.165) is 0 Å². The molecule has 1 amide bonds. The second-order valence-electron chi connectivity index (χ2n) is 3.31. The first kappa shape index (κ1) is 13.2. The van der Waals surface area contributed by atoms with Gasteiger partial charge in [0.2, 0.25) is 5.91 Å². The van der Waals surface area contributed by atoms with Crippen molar-refractivity contribution in [1.82, 2.24) is 0 Å². The van der Waals surface area contributed by atoms with Crippen molar-refractivity contribution in [2.75, 3.05) is 0 Å². The van der Waals surface area contributed by atoms with Gasteiger partial charge in [0.1, 0.15) is 17.7 Å². The van der Waals surface area contributed by atoms with E-state index in [1.807, 2.05) is 0 Å². The lowest BCUT2D eigenvalue weighted by atomic mass is 10.0. The van der Waals surface area contributed by atoms with E-state index in [2.05, 4.69) is 0 Å². The van der Waals surface area contributed by atoms with Crippen molar-refractivity contribution >= 4 is 12.2 Å². The Labute approximate surface area is 94.5 Å². The van der Waals surface area contributed by atoms with Crippen molar-refractivity contribution in [3.05, 3.63) is 34.9 Å². The summed E-state index contributed by atoms with van der Waals surface area (Å²) in [6.07, 6.45) is -3.97. The molecule has 4 N–H and O–H groups in total. The number of rotatable bonds is 4. The number of benzene rings is 1. The first-order chi connectivity index (χ1) is 7.88. The minimum Gasteiger partial charge on any atom is -0.385 e. The molecular formula is C10H9F2NO4. The zero-order valence-corrected chi connectivity index (χ0v) is 8.43. The monoisotopic (exact) mass is 245 g/mol. The lowest BCUT2D eigenvalue weighted by Crippen LogP contribution is -2.34. The fraction of sp³-hybridized carbons (Fsp3) is 0.200. The second-order valence-corrected chi connectivity index (χ2v) is 3.31. The van der Waals surface area contributed by atoms with Crippen LogP contribution in [0, 0.1) is 11.6 Å². The third-order valence-electron chi connectivity index (χ3n) is 2.15. The van der Waals surface area contributed by atoms with Crippen LogP contribution >= 0.6 is 0 Å². The Morgan fingerprint density at radius 2 is 1.88 bits per heavy atom. The van der Waals surface area contributed by atoms with Gasteiger partial charge in [-0.2, -0.15) is 0 Å². The highest BCUT2D eigenvalue weighted by Gasteiger charge is 2.27. The van der Waals surface area contributed by atoms with Gasteiger partial charge in [-0.1, -0.05) is 0 Å². The largest absolute Gasteiger partial charge is 0.385 e. The number of aliphatic hydroxyl groups excluding tert-OH is 2. The molecule has 1 aromatic rings. The minimum atomic E-state index is -2.06. The molecule has 17 heavy (non-hydrogen) atoms.